The van der Waals surface area contributed by atoms with Crippen LogP contribution in [0.3, 0.4) is 0 Å². The van der Waals surface area contributed by atoms with E-state index in [-0.39, 0.29) is 11.4 Å². The van der Waals surface area contributed by atoms with Gasteiger partial charge in [0.1, 0.15) is 17.1 Å². The van der Waals surface area contributed by atoms with Crippen molar-refractivity contribution in [3.05, 3.63) is 23.8 Å². The molecule has 1 atom stereocenters. The molecule has 3 rings (SSSR count). The smallest absolute Gasteiger partial charge is 0.170 e. The second kappa shape index (κ2) is 5.04. The quantitative estimate of drug-likeness (QED) is 0.769. The first-order valence-corrected chi connectivity index (χ1v) is 7.83. The zero-order valence-electron chi connectivity index (χ0n) is 13.2. The Bertz CT molecular complexity index is 562. The number of ketones is 1. The maximum absolute atomic E-state index is 12.5. The maximum Gasteiger partial charge on any atom is 0.170 e. The maximum atomic E-state index is 12.5. The minimum atomic E-state index is -0.301. The number of benzene rings is 1. The molecule has 1 heterocycles. The average molecular weight is 288 g/mol. The van der Waals surface area contributed by atoms with E-state index >= 15 is 0 Å². The third-order valence-corrected chi connectivity index (χ3v) is 5.04. The number of hydrogen-bond acceptors (Lipinski definition) is 3. The first-order chi connectivity index (χ1) is 9.93. The summed E-state index contributed by atoms with van der Waals surface area (Å²) in [6.07, 6.45) is 5.89. The zero-order valence-corrected chi connectivity index (χ0v) is 13.2. The van der Waals surface area contributed by atoms with E-state index in [4.69, 9.17) is 9.47 Å². The van der Waals surface area contributed by atoms with Crippen molar-refractivity contribution in [3.63, 3.8) is 0 Å². The van der Waals surface area contributed by atoms with Crippen molar-refractivity contribution in [2.75, 3.05) is 7.11 Å². The average Bonchev–Trinajstić information content (AvgIpc) is 2.58. The molecule has 2 aliphatic rings. The van der Waals surface area contributed by atoms with Gasteiger partial charge in [-0.25, -0.2) is 0 Å². The molecule has 0 bridgehead atoms. The van der Waals surface area contributed by atoms with Crippen LogP contribution in [0.4, 0.5) is 0 Å². The molecule has 3 heteroatoms. The third-order valence-electron chi connectivity index (χ3n) is 5.04. The molecule has 0 radical (unpaired) electrons. The molecular formula is C18H24O3. The summed E-state index contributed by atoms with van der Waals surface area (Å²) in [6, 6.07) is 5.50. The highest BCUT2D eigenvalue weighted by Gasteiger charge is 2.43. The van der Waals surface area contributed by atoms with Crippen LogP contribution in [-0.2, 0) is 0 Å². The molecule has 0 N–H and O–H groups in total. The van der Waals surface area contributed by atoms with Crippen LogP contribution in [0, 0.1) is 5.41 Å². The van der Waals surface area contributed by atoms with Crippen molar-refractivity contribution in [2.24, 2.45) is 5.41 Å². The molecule has 0 aromatic heterocycles. The summed E-state index contributed by atoms with van der Waals surface area (Å²) in [5, 5.41) is 0. The van der Waals surface area contributed by atoms with Crippen molar-refractivity contribution in [1.82, 2.24) is 0 Å². The van der Waals surface area contributed by atoms with Crippen molar-refractivity contribution in [2.45, 2.75) is 58.0 Å². The van der Waals surface area contributed by atoms with Crippen molar-refractivity contribution >= 4 is 5.78 Å². The lowest BCUT2D eigenvalue weighted by Crippen LogP contribution is -2.41. The summed E-state index contributed by atoms with van der Waals surface area (Å²) in [4.78, 5) is 12.5. The molecule has 0 saturated heterocycles. The van der Waals surface area contributed by atoms with E-state index in [1.807, 2.05) is 18.2 Å². The first-order valence-electron chi connectivity index (χ1n) is 7.83. The van der Waals surface area contributed by atoms with Crippen molar-refractivity contribution in [1.29, 1.82) is 0 Å². The lowest BCUT2D eigenvalue weighted by Gasteiger charge is -2.38. The molecule has 1 aliphatic heterocycles. The van der Waals surface area contributed by atoms with Gasteiger partial charge < -0.3 is 9.47 Å². The topological polar surface area (TPSA) is 35.5 Å². The van der Waals surface area contributed by atoms with Gasteiger partial charge >= 0.3 is 0 Å². The Morgan fingerprint density at radius 3 is 2.71 bits per heavy atom. The van der Waals surface area contributed by atoms with Crippen LogP contribution < -0.4 is 9.47 Å². The van der Waals surface area contributed by atoms with E-state index in [2.05, 4.69) is 13.8 Å². The fourth-order valence-corrected chi connectivity index (χ4v) is 3.59. The summed E-state index contributed by atoms with van der Waals surface area (Å²) < 4.78 is 11.6. The molecule has 1 aromatic carbocycles. The highest BCUT2D eigenvalue weighted by atomic mass is 16.5. The summed E-state index contributed by atoms with van der Waals surface area (Å²) in [6.45, 7) is 4.63. The Kier molecular flexibility index (Phi) is 3.46. The van der Waals surface area contributed by atoms with Crippen LogP contribution in [0.1, 0.15) is 62.7 Å². The minimum absolute atomic E-state index is 0.207. The molecule has 1 saturated carbocycles. The number of carbonyl (C=O) groups excluding carboxylic acids is 1. The van der Waals surface area contributed by atoms with E-state index in [9.17, 15) is 4.79 Å². The van der Waals surface area contributed by atoms with Crippen LogP contribution >= 0.6 is 0 Å². The van der Waals surface area contributed by atoms with Gasteiger partial charge in [0.2, 0.25) is 0 Å². The van der Waals surface area contributed by atoms with Gasteiger partial charge in [0.25, 0.3) is 0 Å². The molecule has 1 fully saturated rings. The number of fused-ring (bicyclic) bond motifs is 1. The zero-order chi connectivity index (χ0) is 15.1. The summed E-state index contributed by atoms with van der Waals surface area (Å²) in [7, 11) is 1.64. The summed E-state index contributed by atoms with van der Waals surface area (Å²) >= 11 is 0. The van der Waals surface area contributed by atoms with Crippen molar-refractivity contribution < 1.29 is 14.3 Å². The fourth-order valence-electron chi connectivity index (χ4n) is 3.59. The lowest BCUT2D eigenvalue weighted by atomic mass is 9.81. The number of ether oxygens (including phenoxy) is 2. The fraction of sp³-hybridized carbons (Fsp3) is 0.611. The number of Topliss-reactive ketones (excluding diaryl/α,β-unsaturated/α-hetero) is 1. The molecule has 1 spiro atoms. The largest absolute Gasteiger partial charge is 0.497 e. The van der Waals surface area contributed by atoms with Crippen molar-refractivity contribution in [3.8, 4) is 11.5 Å². The van der Waals surface area contributed by atoms with Crippen LogP contribution in [-0.4, -0.2) is 18.5 Å². The van der Waals surface area contributed by atoms with Crippen LogP contribution in [0.15, 0.2) is 18.2 Å². The van der Waals surface area contributed by atoms with Crippen LogP contribution in [0.5, 0.6) is 11.5 Å². The van der Waals surface area contributed by atoms with E-state index in [1.165, 1.54) is 6.42 Å². The standard InChI is InChI=1S/C18H24O3/c1-17(2)7-4-8-18(10-9-17)12-15(19)14-6-5-13(20-3)11-16(14)21-18/h5-6,11H,4,7-10,12H2,1-3H3. The van der Waals surface area contributed by atoms with Gasteiger partial charge in [-0.2, -0.15) is 0 Å². The molecule has 1 aliphatic carbocycles. The van der Waals surface area contributed by atoms with Gasteiger partial charge in [0, 0.05) is 6.07 Å². The van der Waals surface area contributed by atoms with Gasteiger partial charge in [-0.3, -0.25) is 4.79 Å². The third kappa shape index (κ3) is 2.78. The van der Waals surface area contributed by atoms with Crippen LogP contribution in [0.25, 0.3) is 0 Å². The normalized spacial score (nSPS) is 27.7. The van der Waals surface area contributed by atoms with Gasteiger partial charge in [-0.05, 0) is 49.7 Å². The highest BCUT2D eigenvalue weighted by Crippen LogP contribution is 2.45. The minimum Gasteiger partial charge on any atom is -0.497 e. The monoisotopic (exact) mass is 288 g/mol. The molecule has 0 amide bonds. The number of methoxy groups -OCH3 is 1. The van der Waals surface area contributed by atoms with Gasteiger partial charge in [-0.15, -0.1) is 0 Å². The van der Waals surface area contributed by atoms with Gasteiger partial charge in [-0.1, -0.05) is 13.8 Å². The predicted molar refractivity (Wildman–Crippen MR) is 82.2 cm³/mol. The molecule has 3 nitrogen and oxygen atoms in total. The lowest BCUT2D eigenvalue weighted by molar-refractivity contribution is 0.0276. The predicted octanol–water partition coefficient (Wildman–Crippen LogP) is 4.39. The molecular weight excluding hydrogens is 264 g/mol. The van der Waals surface area contributed by atoms with E-state index < -0.39 is 0 Å². The molecule has 1 aromatic rings. The number of rotatable bonds is 1. The summed E-state index contributed by atoms with van der Waals surface area (Å²) in [5.41, 5.74) is 0.749. The Labute approximate surface area is 126 Å². The molecule has 114 valence electrons. The number of carbonyl (C=O) groups is 1. The Morgan fingerprint density at radius 2 is 1.95 bits per heavy atom. The second-order valence-electron chi connectivity index (χ2n) is 7.26. The Morgan fingerprint density at radius 1 is 1.14 bits per heavy atom. The van der Waals surface area contributed by atoms with E-state index in [0.29, 0.717) is 23.1 Å². The molecule has 1 unspecified atom stereocenters. The Hall–Kier alpha value is -1.51. The van der Waals surface area contributed by atoms with Crippen LogP contribution in [0.2, 0.25) is 0 Å². The Balaban J connectivity index is 1.91. The van der Waals surface area contributed by atoms with E-state index in [0.717, 1.165) is 31.4 Å². The van der Waals surface area contributed by atoms with Gasteiger partial charge in [0.05, 0.1) is 19.1 Å². The molecule has 21 heavy (non-hydrogen) atoms. The number of hydrogen-bond donors (Lipinski definition) is 0. The van der Waals surface area contributed by atoms with Gasteiger partial charge in [0.15, 0.2) is 5.78 Å². The second-order valence-corrected chi connectivity index (χ2v) is 7.26. The highest BCUT2D eigenvalue weighted by molar-refractivity contribution is 6.00. The van der Waals surface area contributed by atoms with E-state index in [1.54, 1.807) is 7.11 Å². The SMILES string of the molecule is COc1ccc2c(c1)OC1(CCCC(C)(C)CC1)CC2=O. The first kappa shape index (κ1) is 14.4. The summed E-state index contributed by atoms with van der Waals surface area (Å²) in [5.74, 6) is 1.65.